The van der Waals surface area contributed by atoms with Crippen LogP contribution in [0.4, 0.5) is 0 Å². The molecule has 108 valence electrons. The first-order valence-electron chi connectivity index (χ1n) is 6.68. The van der Waals surface area contributed by atoms with Gasteiger partial charge in [-0.2, -0.15) is 0 Å². The predicted octanol–water partition coefficient (Wildman–Crippen LogP) is 3.29. The fraction of sp³-hybridized carbons (Fsp3) is 0.533. The number of aromatic carboxylic acids is 1. The third-order valence-electron chi connectivity index (χ3n) is 2.92. The Morgan fingerprint density at radius 2 is 1.79 bits per heavy atom. The molecule has 0 aliphatic rings. The summed E-state index contributed by atoms with van der Waals surface area (Å²) >= 11 is 0. The van der Waals surface area contributed by atoms with Crippen molar-refractivity contribution < 1.29 is 20.1 Å². The van der Waals surface area contributed by atoms with Crippen LogP contribution in [0.1, 0.15) is 49.9 Å². The van der Waals surface area contributed by atoms with Crippen molar-refractivity contribution in [1.29, 1.82) is 0 Å². The first-order chi connectivity index (χ1) is 9.04. The summed E-state index contributed by atoms with van der Waals surface area (Å²) in [6.07, 6.45) is 4.83. The van der Waals surface area contributed by atoms with Crippen LogP contribution in [-0.2, 0) is 0 Å². The second-order valence-electron chi connectivity index (χ2n) is 4.45. The lowest BCUT2D eigenvalue weighted by Gasteiger charge is -2.08. The summed E-state index contributed by atoms with van der Waals surface area (Å²) in [6.45, 7) is 4.69. The number of aromatic hydroxyl groups is 1. The predicted molar refractivity (Wildman–Crippen MR) is 75.5 cm³/mol. The van der Waals surface area contributed by atoms with Crippen LogP contribution in [0, 0.1) is 5.92 Å². The average molecular weight is 268 g/mol. The lowest BCUT2D eigenvalue weighted by Crippen LogP contribution is -2.03. The smallest absolute Gasteiger partial charge is 0.335 e. The van der Waals surface area contributed by atoms with Crippen molar-refractivity contribution in [3.63, 3.8) is 0 Å². The Balaban J connectivity index is 0.000000344. The van der Waals surface area contributed by atoms with Crippen LogP contribution in [-0.4, -0.2) is 27.9 Å². The summed E-state index contributed by atoms with van der Waals surface area (Å²) in [6, 6.07) is 5.36. The standard InChI is InChI=1S/C8H18O.C7H6O3/c1-3-5-6-8(4-2)7-9;8-6-3-1-5(2-4-6)7(9)10/h8-9H,3-7H2,1-2H3;1-4,8H,(H,9,10). The first-order valence-corrected chi connectivity index (χ1v) is 6.68. The fourth-order valence-electron chi connectivity index (χ4n) is 1.52. The molecule has 0 heterocycles. The van der Waals surface area contributed by atoms with E-state index in [2.05, 4.69) is 13.8 Å². The number of rotatable bonds is 6. The normalized spacial score (nSPS) is 11.3. The van der Waals surface area contributed by atoms with Crippen LogP contribution in [0.2, 0.25) is 0 Å². The summed E-state index contributed by atoms with van der Waals surface area (Å²) < 4.78 is 0. The van der Waals surface area contributed by atoms with Gasteiger partial charge in [-0.3, -0.25) is 0 Å². The number of aliphatic hydroxyl groups is 1. The molecule has 0 fully saturated rings. The first kappa shape index (κ1) is 17.4. The van der Waals surface area contributed by atoms with Crippen LogP contribution < -0.4 is 0 Å². The molecule has 19 heavy (non-hydrogen) atoms. The Labute approximate surface area is 114 Å². The molecule has 4 nitrogen and oxygen atoms in total. The summed E-state index contributed by atoms with van der Waals surface area (Å²) in [5.74, 6) is -0.352. The van der Waals surface area contributed by atoms with E-state index in [0.29, 0.717) is 12.5 Å². The van der Waals surface area contributed by atoms with Crippen LogP contribution in [0.5, 0.6) is 5.75 Å². The summed E-state index contributed by atoms with van der Waals surface area (Å²) in [7, 11) is 0. The topological polar surface area (TPSA) is 77.8 Å². The number of carboxylic acid groups (broad SMARTS) is 1. The Morgan fingerprint density at radius 1 is 1.21 bits per heavy atom. The Morgan fingerprint density at radius 3 is 2.16 bits per heavy atom. The van der Waals surface area contributed by atoms with Crippen molar-refractivity contribution >= 4 is 5.97 Å². The molecule has 1 unspecified atom stereocenters. The van der Waals surface area contributed by atoms with Crippen molar-refractivity contribution in [2.75, 3.05) is 6.61 Å². The van der Waals surface area contributed by atoms with Crippen molar-refractivity contribution in [3.8, 4) is 5.75 Å². The molecule has 0 saturated heterocycles. The monoisotopic (exact) mass is 268 g/mol. The van der Waals surface area contributed by atoms with Crippen LogP contribution >= 0.6 is 0 Å². The molecule has 1 aromatic carbocycles. The van der Waals surface area contributed by atoms with Gasteiger partial charge in [0.15, 0.2) is 0 Å². The van der Waals surface area contributed by atoms with Crippen molar-refractivity contribution in [3.05, 3.63) is 29.8 Å². The molecule has 0 aromatic heterocycles. The lowest BCUT2D eigenvalue weighted by atomic mass is 10.0. The third-order valence-corrected chi connectivity index (χ3v) is 2.92. The second-order valence-corrected chi connectivity index (χ2v) is 4.45. The van der Waals surface area contributed by atoms with Crippen molar-refractivity contribution in [1.82, 2.24) is 0 Å². The fourth-order valence-corrected chi connectivity index (χ4v) is 1.52. The number of benzene rings is 1. The van der Waals surface area contributed by atoms with Gasteiger partial charge >= 0.3 is 5.97 Å². The minimum atomic E-state index is -0.986. The van der Waals surface area contributed by atoms with E-state index in [1.54, 1.807) is 0 Å². The van der Waals surface area contributed by atoms with E-state index in [4.69, 9.17) is 15.3 Å². The molecule has 1 atom stereocenters. The van der Waals surface area contributed by atoms with E-state index in [1.807, 2.05) is 0 Å². The zero-order valence-corrected chi connectivity index (χ0v) is 11.7. The molecular weight excluding hydrogens is 244 g/mol. The minimum absolute atomic E-state index is 0.0741. The summed E-state index contributed by atoms with van der Waals surface area (Å²) in [4.78, 5) is 10.2. The molecule has 0 amide bonds. The lowest BCUT2D eigenvalue weighted by molar-refractivity contribution is 0.0697. The zero-order chi connectivity index (χ0) is 14.7. The maximum atomic E-state index is 10.2. The highest BCUT2D eigenvalue weighted by Crippen LogP contribution is 2.10. The quantitative estimate of drug-likeness (QED) is 0.739. The molecule has 0 saturated carbocycles. The van der Waals surface area contributed by atoms with Gasteiger partial charge in [0.05, 0.1) is 5.56 Å². The molecule has 1 aromatic rings. The molecular formula is C15H24O4. The number of aliphatic hydroxyl groups excluding tert-OH is 1. The maximum Gasteiger partial charge on any atom is 0.335 e. The molecule has 3 N–H and O–H groups in total. The van der Waals surface area contributed by atoms with Crippen molar-refractivity contribution in [2.24, 2.45) is 5.92 Å². The number of unbranched alkanes of at least 4 members (excludes halogenated alkanes) is 1. The van der Waals surface area contributed by atoms with E-state index < -0.39 is 5.97 Å². The second kappa shape index (κ2) is 10.4. The van der Waals surface area contributed by atoms with E-state index in [0.717, 1.165) is 6.42 Å². The number of carbonyl (C=O) groups is 1. The van der Waals surface area contributed by atoms with Gasteiger partial charge < -0.3 is 15.3 Å². The molecule has 0 spiro atoms. The number of phenolic OH excluding ortho intramolecular Hbond substituents is 1. The SMILES string of the molecule is CCCCC(CC)CO.O=C(O)c1ccc(O)cc1. The summed E-state index contributed by atoms with van der Waals surface area (Å²) in [5, 5.41) is 25.9. The number of hydrogen-bond donors (Lipinski definition) is 3. The van der Waals surface area contributed by atoms with Gasteiger partial charge in [-0.05, 0) is 36.6 Å². The van der Waals surface area contributed by atoms with E-state index in [9.17, 15) is 4.79 Å². The van der Waals surface area contributed by atoms with E-state index in [-0.39, 0.29) is 11.3 Å². The van der Waals surface area contributed by atoms with Crippen LogP contribution in [0.3, 0.4) is 0 Å². The molecule has 0 aliphatic carbocycles. The largest absolute Gasteiger partial charge is 0.508 e. The van der Waals surface area contributed by atoms with Gasteiger partial charge in [-0.25, -0.2) is 4.79 Å². The van der Waals surface area contributed by atoms with Gasteiger partial charge in [-0.15, -0.1) is 0 Å². The highest BCUT2D eigenvalue weighted by atomic mass is 16.4. The van der Waals surface area contributed by atoms with Crippen LogP contribution in [0.25, 0.3) is 0 Å². The van der Waals surface area contributed by atoms with E-state index in [1.165, 1.54) is 43.5 Å². The van der Waals surface area contributed by atoms with Gasteiger partial charge in [0.25, 0.3) is 0 Å². The summed E-state index contributed by atoms with van der Waals surface area (Å²) in [5.41, 5.74) is 0.179. The van der Waals surface area contributed by atoms with Crippen molar-refractivity contribution in [2.45, 2.75) is 39.5 Å². The Kier molecular flexibility index (Phi) is 9.53. The molecule has 4 heteroatoms. The molecule has 0 radical (unpaired) electrons. The average Bonchev–Trinajstić information content (AvgIpc) is 2.41. The third kappa shape index (κ3) is 8.21. The highest BCUT2D eigenvalue weighted by molar-refractivity contribution is 5.87. The van der Waals surface area contributed by atoms with Crippen LogP contribution in [0.15, 0.2) is 24.3 Å². The highest BCUT2D eigenvalue weighted by Gasteiger charge is 2.01. The maximum absolute atomic E-state index is 10.2. The molecule has 0 aliphatic heterocycles. The van der Waals surface area contributed by atoms with Gasteiger partial charge in [0.1, 0.15) is 5.75 Å². The molecule has 0 bridgehead atoms. The van der Waals surface area contributed by atoms with Gasteiger partial charge in [0, 0.05) is 6.61 Å². The number of carboxylic acids is 1. The van der Waals surface area contributed by atoms with Gasteiger partial charge in [0.2, 0.25) is 0 Å². The Hall–Kier alpha value is -1.55. The zero-order valence-electron chi connectivity index (χ0n) is 11.7. The van der Waals surface area contributed by atoms with E-state index >= 15 is 0 Å². The van der Waals surface area contributed by atoms with Gasteiger partial charge in [-0.1, -0.05) is 33.1 Å². The minimum Gasteiger partial charge on any atom is -0.508 e. The number of hydrogen-bond acceptors (Lipinski definition) is 3. The molecule has 1 rings (SSSR count). The number of phenols is 1. The Bertz CT molecular complexity index is 342.